The van der Waals surface area contributed by atoms with Crippen molar-refractivity contribution in [1.29, 1.82) is 0 Å². The molecule has 0 atom stereocenters. The van der Waals surface area contributed by atoms with Crippen LogP contribution in [0.5, 0.6) is 0 Å². The highest BCUT2D eigenvalue weighted by Crippen LogP contribution is 2.06. The molecule has 0 radical (unpaired) electrons. The molecule has 2 rings (SSSR count). The number of aromatic nitrogens is 1. The van der Waals surface area contributed by atoms with Crippen LogP contribution in [0.25, 0.3) is 0 Å². The molecule has 4 nitrogen and oxygen atoms in total. The predicted molar refractivity (Wildman–Crippen MR) is 52.5 cm³/mol. The van der Waals surface area contributed by atoms with Crippen molar-refractivity contribution in [3.63, 3.8) is 0 Å². The van der Waals surface area contributed by atoms with Gasteiger partial charge in [0.05, 0.1) is 12.7 Å². The molecule has 1 fully saturated rings. The van der Waals surface area contributed by atoms with Crippen molar-refractivity contribution in [2.75, 3.05) is 19.6 Å². The van der Waals surface area contributed by atoms with Crippen LogP contribution in [0, 0.1) is 5.82 Å². The van der Waals surface area contributed by atoms with Gasteiger partial charge >= 0.3 is 0 Å². The van der Waals surface area contributed by atoms with Gasteiger partial charge in [0.1, 0.15) is 5.82 Å². The normalized spacial score (nSPS) is 16.9. The fraction of sp³-hybridized carbons (Fsp3) is 0.400. The van der Waals surface area contributed by atoms with Crippen LogP contribution < -0.4 is 5.32 Å². The van der Waals surface area contributed by atoms with Gasteiger partial charge in [0, 0.05) is 25.8 Å². The number of carbonyl (C=O) groups excluding carboxylic acids is 1. The minimum atomic E-state index is -0.366. The van der Waals surface area contributed by atoms with E-state index in [4.69, 9.17) is 0 Å². The first kappa shape index (κ1) is 10.0. The van der Waals surface area contributed by atoms with Gasteiger partial charge in [0.15, 0.2) is 0 Å². The molecule has 1 amide bonds. The van der Waals surface area contributed by atoms with Crippen LogP contribution in [-0.2, 0) is 11.3 Å². The molecular weight excluding hydrogens is 197 g/mol. The predicted octanol–water partition coefficient (Wildman–Crippen LogP) is 0.152. The Hall–Kier alpha value is -1.49. The lowest BCUT2D eigenvalue weighted by molar-refractivity contribution is -0.132. The maximum Gasteiger partial charge on any atom is 0.236 e. The minimum Gasteiger partial charge on any atom is -0.336 e. The quantitative estimate of drug-likeness (QED) is 0.754. The van der Waals surface area contributed by atoms with Crippen LogP contribution >= 0.6 is 0 Å². The van der Waals surface area contributed by atoms with Crippen molar-refractivity contribution < 1.29 is 9.18 Å². The highest BCUT2D eigenvalue weighted by atomic mass is 19.1. The molecule has 0 aliphatic carbocycles. The summed E-state index contributed by atoms with van der Waals surface area (Å²) in [5.41, 5.74) is 0.727. The molecule has 1 aliphatic heterocycles. The number of piperazine rings is 1. The van der Waals surface area contributed by atoms with Crippen LogP contribution in [0.4, 0.5) is 4.39 Å². The van der Waals surface area contributed by atoms with Gasteiger partial charge in [0.2, 0.25) is 5.91 Å². The lowest BCUT2D eigenvalue weighted by Crippen LogP contribution is -2.47. The lowest BCUT2D eigenvalue weighted by Gasteiger charge is -2.27. The van der Waals surface area contributed by atoms with Gasteiger partial charge in [-0.15, -0.1) is 0 Å². The molecule has 1 aromatic rings. The van der Waals surface area contributed by atoms with Crippen LogP contribution in [0.3, 0.4) is 0 Å². The first-order valence-corrected chi connectivity index (χ1v) is 4.83. The molecule has 0 aromatic carbocycles. The van der Waals surface area contributed by atoms with Crippen LogP contribution in [0.15, 0.2) is 18.5 Å². The topological polar surface area (TPSA) is 45.2 Å². The Balaban J connectivity index is 2.04. The van der Waals surface area contributed by atoms with E-state index in [1.807, 2.05) is 0 Å². The Bertz CT molecular complexity index is 369. The Labute approximate surface area is 87.1 Å². The largest absolute Gasteiger partial charge is 0.336 e. The number of amides is 1. The van der Waals surface area contributed by atoms with E-state index in [0.717, 1.165) is 18.3 Å². The van der Waals surface area contributed by atoms with Gasteiger partial charge in [-0.25, -0.2) is 4.39 Å². The highest BCUT2D eigenvalue weighted by molar-refractivity contribution is 5.78. The summed E-state index contributed by atoms with van der Waals surface area (Å²) in [4.78, 5) is 16.9. The molecule has 0 bridgehead atoms. The van der Waals surface area contributed by atoms with Crippen molar-refractivity contribution in [2.45, 2.75) is 6.54 Å². The lowest BCUT2D eigenvalue weighted by atomic mass is 10.2. The smallest absolute Gasteiger partial charge is 0.236 e. The fourth-order valence-electron chi connectivity index (χ4n) is 1.58. The van der Waals surface area contributed by atoms with Crippen molar-refractivity contribution in [3.8, 4) is 0 Å². The number of hydrogen-bond donors (Lipinski definition) is 1. The van der Waals surface area contributed by atoms with E-state index in [1.165, 1.54) is 6.07 Å². The number of halogens is 1. The number of rotatable bonds is 2. The summed E-state index contributed by atoms with van der Waals surface area (Å²) in [6.45, 7) is 2.25. The molecule has 5 heteroatoms. The zero-order valence-electron chi connectivity index (χ0n) is 8.24. The van der Waals surface area contributed by atoms with Crippen LogP contribution in [-0.4, -0.2) is 35.4 Å². The van der Waals surface area contributed by atoms with Crippen molar-refractivity contribution in [3.05, 3.63) is 29.8 Å². The molecule has 1 saturated heterocycles. The summed E-state index contributed by atoms with van der Waals surface area (Å²) in [6, 6.07) is 1.41. The standard InChI is InChI=1S/C10H12FN3O/c11-9-3-8(4-13-5-9)7-14-2-1-12-6-10(14)15/h3-5,12H,1-2,6-7H2. The number of pyridine rings is 1. The van der Waals surface area contributed by atoms with Gasteiger partial charge < -0.3 is 10.2 Å². The maximum atomic E-state index is 12.8. The van der Waals surface area contributed by atoms with E-state index in [2.05, 4.69) is 10.3 Å². The summed E-state index contributed by atoms with van der Waals surface area (Å²) in [6.07, 6.45) is 2.74. The monoisotopic (exact) mass is 209 g/mol. The number of carbonyl (C=O) groups is 1. The number of nitrogens with zero attached hydrogens (tertiary/aromatic N) is 2. The Morgan fingerprint density at radius 1 is 1.53 bits per heavy atom. The summed E-state index contributed by atoms with van der Waals surface area (Å²) < 4.78 is 12.8. The second-order valence-electron chi connectivity index (χ2n) is 3.50. The average Bonchev–Trinajstić information content (AvgIpc) is 2.22. The molecular formula is C10H12FN3O. The first-order valence-electron chi connectivity index (χ1n) is 4.83. The maximum absolute atomic E-state index is 12.8. The van der Waals surface area contributed by atoms with Crippen LogP contribution in [0.1, 0.15) is 5.56 Å². The van der Waals surface area contributed by atoms with E-state index < -0.39 is 0 Å². The van der Waals surface area contributed by atoms with Gasteiger partial charge in [-0.1, -0.05) is 0 Å². The average molecular weight is 209 g/mol. The van der Waals surface area contributed by atoms with Crippen LogP contribution in [0.2, 0.25) is 0 Å². The Morgan fingerprint density at radius 2 is 2.40 bits per heavy atom. The molecule has 1 aromatic heterocycles. The third-order valence-electron chi connectivity index (χ3n) is 2.32. The number of hydrogen-bond acceptors (Lipinski definition) is 3. The minimum absolute atomic E-state index is 0.0468. The summed E-state index contributed by atoms with van der Waals surface area (Å²) >= 11 is 0. The van der Waals surface area contributed by atoms with Gasteiger partial charge in [-0.05, 0) is 11.6 Å². The van der Waals surface area contributed by atoms with E-state index in [9.17, 15) is 9.18 Å². The van der Waals surface area contributed by atoms with E-state index in [-0.39, 0.29) is 11.7 Å². The van der Waals surface area contributed by atoms with Gasteiger partial charge in [0.25, 0.3) is 0 Å². The SMILES string of the molecule is O=C1CNCCN1Cc1cncc(F)c1. The van der Waals surface area contributed by atoms with E-state index >= 15 is 0 Å². The highest BCUT2D eigenvalue weighted by Gasteiger charge is 2.17. The summed E-state index contributed by atoms with van der Waals surface area (Å²) in [5, 5.41) is 2.98. The first-order chi connectivity index (χ1) is 7.25. The molecule has 1 aliphatic rings. The second kappa shape index (κ2) is 4.35. The Kier molecular flexibility index (Phi) is 2.91. The zero-order chi connectivity index (χ0) is 10.7. The van der Waals surface area contributed by atoms with E-state index in [0.29, 0.717) is 19.6 Å². The Morgan fingerprint density at radius 3 is 3.13 bits per heavy atom. The van der Waals surface area contributed by atoms with E-state index in [1.54, 1.807) is 11.1 Å². The molecule has 0 saturated carbocycles. The molecule has 2 heterocycles. The molecule has 0 unspecified atom stereocenters. The molecule has 1 N–H and O–H groups in total. The van der Waals surface area contributed by atoms with Gasteiger partial charge in [-0.3, -0.25) is 9.78 Å². The zero-order valence-corrected chi connectivity index (χ0v) is 8.24. The molecule has 15 heavy (non-hydrogen) atoms. The molecule has 0 spiro atoms. The third-order valence-corrected chi connectivity index (χ3v) is 2.32. The third kappa shape index (κ3) is 2.50. The number of nitrogens with one attached hydrogen (secondary N) is 1. The molecule has 80 valence electrons. The summed E-state index contributed by atoms with van der Waals surface area (Å²) in [7, 11) is 0. The second-order valence-corrected chi connectivity index (χ2v) is 3.50. The van der Waals surface area contributed by atoms with Gasteiger partial charge in [-0.2, -0.15) is 0 Å². The fourth-order valence-corrected chi connectivity index (χ4v) is 1.58. The van der Waals surface area contributed by atoms with Crippen molar-refractivity contribution in [2.24, 2.45) is 0 Å². The van der Waals surface area contributed by atoms with Crippen molar-refractivity contribution >= 4 is 5.91 Å². The summed E-state index contributed by atoms with van der Waals surface area (Å²) in [5.74, 6) is -0.319. The van der Waals surface area contributed by atoms with Crippen molar-refractivity contribution in [1.82, 2.24) is 15.2 Å².